The van der Waals surface area contributed by atoms with E-state index in [0.717, 1.165) is 15.3 Å². The van der Waals surface area contributed by atoms with Gasteiger partial charge in [-0.3, -0.25) is 4.79 Å². The van der Waals surface area contributed by atoms with E-state index in [4.69, 9.17) is 4.74 Å². The summed E-state index contributed by atoms with van der Waals surface area (Å²) >= 11 is 2.72. The highest BCUT2D eigenvalue weighted by molar-refractivity contribution is 8.00. The second-order valence-electron chi connectivity index (χ2n) is 6.39. The van der Waals surface area contributed by atoms with Crippen LogP contribution < -0.4 is 5.32 Å². The number of esters is 1. The predicted octanol–water partition coefficient (Wildman–Crippen LogP) is 5.69. The molecule has 3 aromatic rings. The molecule has 2 aromatic carbocycles. The minimum absolute atomic E-state index is 0.215. The lowest BCUT2D eigenvalue weighted by Gasteiger charge is -2.08. The molecule has 0 bridgehead atoms. The van der Waals surface area contributed by atoms with E-state index in [2.05, 4.69) is 5.32 Å². The maximum atomic E-state index is 13.3. The molecule has 1 aromatic heterocycles. The Morgan fingerprint density at radius 2 is 1.72 bits per heavy atom. The molecular weight excluding hydrogens is 409 g/mol. The van der Waals surface area contributed by atoms with Gasteiger partial charge in [-0.25, -0.2) is 9.18 Å². The van der Waals surface area contributed by atoms with Gasteiger partial charge in [-0.1, -0.05) is 29.8 Å². The van der Waals surface area contributed by atoms with Crippen LogP contribution in [-0.2, 0) is 9.53 Å². The molecule has 1 amide bonds. The SMILES string of the molecule is COC(=O)c1c(NC(=O)CSc2ccc(C)cc2)sc(C)c1-c1ccc(F)cc1. The molecule has 1 N–H and O–H groups in total. The third-order valence-corrected chi connectivity index (χ3v) is 6.28. The lowest BCUT2D eigenvalue weighted by Crippen LogP contribution is -2.16. The Kier molecular flexibility index (Phi) is 6.71. The minimum atomic E-state index is -0.546. The van der Waals surface area contributed by atoms with Crippen molar-refractivity contribution in [1.82, 2.24) is 0 Å². The fourth-order valence-corrected chi connectivity index (χ4v) is 4.62. The predicted molar refractivity (Wildman–Crippen MR) is 116 cm³/mol. The van der Waals surface area contributed by atoms with Gasteiger partial charge in [-0.2, -0.15) is 0 Å². The molecule has 1 heterocycles. The topological polar surface area (TPSA) is 55.4 Å². The number of hydrogen-bond acceptors (Lipinski definition) is 5. The molecular formula is C22H20FNO3S2. The highest BCUT2D eigenvalue weighted by Crippen LogP contribution is 2.40. The number of methoxy groups -OCH3 is 1. The molecule has 0 saturated heterocycles. The van der Waals surface area contributed by atoms with Crippen LogP contribution in [0.15, 0.2) is 53.4 Å². The van der Waals surface area contributed by atoms with Crippen LogP contribution in [0.2, 0.25) is 0 Å². The van der Waals surface area contributed by atoms with Crippen LogP contribution in [0.4, 0.5) is 9.39 Å². The molecule has 150 valence electrons. The fraction of sp³-hybridized carbons (Fsp3) is 0.182. The normalized spacial score (nSPS) is 10.6. The van der Waals surface area contributed by atoms with Gasteiger partial charge in [0.05, 0.1) is 12.9 Å². The first-order valence-electron chi connectivity index (χ1n) is 8.86. The Labute approximate surface area is 177 Å². The van der Waals surface area contributed by atoms with Gasteiger partial charge < -0.3 is 10.1 Å². The van der Waals surface area contributed by atoms with Crippen molar-refractivity contribution in [2.75, 3.05) is 18.2 Å². The first-order chi connectivity index (χ1) is 13.9. The highest BCUT2D eigenvalue weighted by atomic mass is 32.2. The van der Waals surface area contributed by atoms with Crippen molar-refractivity contribution < 1.29 is 18.7 Å². The molecule has 7 heteroatoms. The summed E-state index contributed by atoms with van der Waals surface area (Å²) in [7, 11) is 1.29. The number of anilines is 1. The van der Waals surface area contributed by atoms with E-state index in [1.807, 2.05) is 38.1 Å². The average molecular weight is 430 g/mol. The van der Waals surface area contributed by atoms with Crippen molar-refractivity contribution in [3.05, 3.63) is 70.4 Å². The van der Waals surface area contributed by atoms with Crippen molar-refractivity contribution in [3.63, 3.8) is 0 Å². The molecule has 0 saturated carbocycles. The molecule has 0 aliphatic heterocycles. The van der Waals surface area contributed by atoms with Gasteiger partial charge >= 0.3 is 5.97 Å². The number of nitrogens with one attached hydrogen (secondary N) is 1. The van der Waals surface area contributed by atoms with E-state index in [1.54, 1.807) is 12.1 Å². The third kappa shape index (κ3) is 5.05. The molecule has 0 radical (unpaired) electrons. The quantitative estimate of drug-likeness (QED) is 0.404. The molecule has 29 heavy (non-hydrogen) atoms. The number of carbonyl (C=O) groups excluding carboxylic acids is 2. The molecule has 3 rings (SSSR count). The van der Waals surface area contributed by atoms with Gasteiger partial charge in [0, 0.05) is 15.3 Å². The summed E-state index contributed by atoms with van der Waals surface area (Å²) in [4.78, 5) is 26.8. The maximum absolute atomic E-state index is 13.3. The van der Waals surface area contributed by atoms with Gasteiger partial charge in [-0.05, 0) is 43.7 Å². The zero-order valence-corrected chi connectivity index (χ0v) is 17.9. The van der Waals surface area contributed by atoms with E-state index in [1.165, 1.54) is 42.3 Å². The average Bonchev–Trinajstić information content (AvgIpc) is 3.03. The summed E-state index contributed by atoms with van der Waals surface area (Å²) in [5, 5.41) is 3.27. The molecule has 4 nitrogen and oxygen atoms in total. The van der Waals surface area contributed by atoms with Crippen molar-refractivity contribution >= 4 is 40.0 Å². The van der Waals surface area contributed by atoms with E-state index in [0.29, 0.717) is 16.1 Å². The summed E-state index contributed by atoms with van der Waals surface area (Å²) in [6.45, 7) is 3.86. The van der Waals surface area contributed by atoms with E-state index in [-0.39, 0.29) is 23.0 Å². The first kappa shape index (κ1) is 21.1. The summed E-state index contributed by atoms with van der Waals surface area (Å²) < 4.78 is 18.2. The lowest BCUT2D eigenvalue weighted by molar-refractivity contribution is -0.113. The molecule has 0 aliphatic rings. The Morgan fingerprint density at radius 3 is 2.34 bits per heavy atom. The van der Waals surface area contributed by atoms with Crippen LogP contribution in [0.1, 0.15) is 20.8 Å². The fourth-order valence-electron chi connectivity index (χ4n) is 2.84. The van der Waals surface area contributed by atoms with Gasteiger partial charge in [0.2, 0.25) is 5.91 Å². The largest absolute Gasteiger partial charge is 0.465 e. The van der Waals surface area contributed by atoms with Crippen LogP contribution >= 0.6 is 23.1 Å². The number of amides is 1. The Hall–Kier alpha value is -2.64. The number of aryl methyl sites for hydroxylation is 2. The lowest BCUT2D eigenvalue weighted by atomic mass is 10.0. The summed E-state index contributed by atoms with van der Waals surface area (Å²) in [6.07, 6.45) is 0. The van der Waals surface area contributed by atoms with Crippen LogP contribution in [0, 0.1) is 19.7 Å². The molecule has 0 aliphatic carbocycles. The van der Waals surface area contributed by atoms with Gasteiger partial charge in [0.1, 0.15) is 16.4 Å². The monoisotopic (exact) mass is 429 g/mol. The molecule has 0 fully saturated rings. The molecule has 0 atom stereocenters. The van der Waals surface area contributed by atoms with E-state index < -0.39 is 5.97 Å². The number of thioether (sulfide) groups is 1. The zero-order chi connectivity index (χ0) is 21.0. The number of rotatable bonds is 6. The standard InChI is InChI=1S/C22H20FNO3S2/c1-13-4-10-17(11-5-13)28-12-18(25)24-21-20(22(26)27-3)19(14(2)29-21)15-6-8-16(23)9-7-15/h4-11H,12H2,1-3H3,(H,24,25). The first-order valence-corrected chi connectivity index (χ1v) is 10.7. The minimum Gasteiger partial charge on any atom is -0.465 e. The van der Waals surface area contributed by atoms with Gasteiger partial charge in [-0.15, -0.1) is 23.1 Å². The van der Waals surface area contributed by atoms with Crippen molar-refractivity contribution in [2.45, 2.75) is 18.7 Å². The third-order valence-electron chi connectivity index (χ3n) is 4.25. The summed E-state index contributed by atoms with van der Waals surface area (Å²) in [6, 6.07) is 13.8. The van der Waals surface area contributed by atoms with Crippen LogP contribution in [-0.4, -0.2) is 24.7 Å². The zero-order valence-electron chi connectivity index (χ0n) is 16.2. The van der Waals surface area contributed by atoms with Crippen LogP contribution in [0.25, 0.3) is 11.1 Å². The van der Waals surface area contributed by atoms with Gasteiger partial charge in [0.15, 0.2) is 0 Å². The Bertz CT molecular complexity index is 1030. The molecule has 0 spiro atoms. The summed E-state index contributed by atoms with van der Waals surface area (Å²) in [5.41, 5.74) is 2.78. The van der Waals surface area contributed by atoms with Crippen LogP contribution in [0.3, 0.4) is 0 Å². The Morgan fingerprint density at radius 1 is 1.07 bits per heavy atom. The number of ether oxygens (including phenoxy) is 1. The number of carbonyl (C=O) groups is 2. The number of benzene rings is 2. The Balaban J connectivity index is 1.83. The van der Waals surface area contributed by atoms with E-state index in [9.17, 15) is 14.0 Å². The van der Waals surface area contributed by atoms with Crippen molar-refractivity contribution in [3.8, 4) is 11.1 Å². The maximum Gasteiger partial charge on any atom is 0.341 e. The highest BCUT2D eigenvalue weighted by Gasteiger charge is 2.25. The van der Waals surface area contributed by atoms with Crippen molar-refractivity contribution in [1.29, 1.82) is 0 Å². The van der Waals surface area contributed by atoms with E-state index >= 15 is 0 Å². The number of halogens is 1. The second-order valence-corrected chi connectivity index (χ2v) is 8.66. The van der Waals surface area contributed by atoms with Crippen molar-refractivity contribution in [2.24, 2.45) is 0 Å². The summed E-state index contributed by atoms with van der Waals surface area (Å²) in [5.74, 6) is -0.905. The van der Waals surface area contributed by atoms with Gasteiger partial charge in [0.25, 0.3) is 0 Å². The van der Waals surface area contributed by atoms with Crippen LogP contribution in [0.5, 0.6) is 0 Å². The second kappa shape index (κ2) is 9.24. The number of hydrogen-bond donors (Lipinski definition) is 1. The number of thiophene rings is 1. The smallest absolute Gasteiger partial charge is 0.341 e. The molecule has 0 unspecified atom stereocenters.